The zero-order valence-corrected chi connectivity index (χ0v) is 18.1. The highest BCUT2D eigenvalue weighted by atomic mass is 16.5. The molecule has 1 unspecified atom stereocenters. The first-order valence-corrected chi connectivity index (χ1v) is 11.1. The number of piperidine rings is 1. The lowest BCUT2D eigenvalue weighted by Crippen LogP contribution is -2.43. The van der Waals surface area contributed by atoms with Gasteiger partial charge in [-0.3, -0.25) is 14.8 Å². The lowest BCUT2D eigenvalue weighted by atomic mass is 9.96. The van der Waals surface area contributed by atoms with Gasteiger partial charge in [-0.25, -0.2) is 5.48 Å². The van der Waals surface area contributed by atoms with Gasteiger partial charge in [-0.1, -0.05) is 49.4 Å². The van der Waals surface area contributed by atoms with Crippen molar-refractivity contribution in [3.63, 3.8) is 0 Å². The minimum atomic E-state index is -0.547. The summed E-state index contributed by atoms with van der Waals surface area (Å²) in [6, 6.07) is 14.0. The maximum absolute atomic E-state index is 13.2. The molecule has 3 rings (SSSR count). The van der Waals surface area contributed by atoms with Crippen molar-refractivity contribution < 1.29 is 19.5 Å². The number of nitrogens with zero attached hydrogens (tertiary/aromatic N) is 1. The Morgan fingerprint density at radius 3 is 2.71 bits per heavy atom. The van der Waals surface area contributed by atoms with Crippen LogP contribution in [0.15, 0.2) is 54.6 Å². The van der Waals surface area contributed by atoms with E-state index in [9.17, 15) is 9.59 Å². The first-order valence-electron chi connectivity index (χ1n) is 11.1. The lowest BCUT2D eigenvalue weighted by molar-refractivity contribution is -0.138. The summed E-state index contributed by atoms with van der Waals surface area (Å²) in [5.74, 6) is 0.839. The minimum absolute atomic E-state index is 0.157. The van der Waals surface area contributed by atoms with Crippen LogP contribution in [-0.4, -0.2) is 41.6 Å². The number of hydrogen-bond donors (Lipinski definition) is 2. The molecule has 1 aliphatic heterocycles. The third-order valence-corrected chi connectivity index (χ3v) is 5.94. The van der Waals surface area contributed by atoms with E-state index in [1.54, 1.807) is 11.6 Å². The Morgan fingerprint density at radius 2 is 1.94 bits per heavy atom. The molecule has 2 amide bonds. The molecule has 6 nitrogen and oxygen atoms in total. The number of rotatable bonds is 9. The van der Waals surface area contributed by atoms with Crippen LogP contribution in [0.5, 0.6) is 5.75 Å². The van der Waals surface area contributed by atoms with Crippen molar-refractivity contribution >= 4 is 22.6 Å². The Labute approximate surface area is 183 Å². The second-order valence-corrected chi connectivity index (χ2v) is 8.30. The molecule has 1 aliphatic rings. The molecule has 0 saturated carbocycles. The number of unbranched alkanes of at least 4 members (excludes halogenated alkanes) is 1. The lowest BCUT2D eigenvalue weighted by Gasteiger charge is -2.33. The average molecular weight is 425 g/mol. The second kappa shape index (κ2) is 11.5. The molecule has 2 aromatic carbocycles. The van der Waals surface area contributed by atoms with E-state index in [0.717, 1.165) is 48.9 Å². The number of benzene rings is 2. The number of allylic oxidation sites excluding steroid dienone is 1. The van der Waals surface area contributed by atoms with Crippen LogP contribution in [0.3, 0.4) is 0 Å². The molecule has 1 atom stereocenters. The molecule has 0 spiro atoms. The third kappa shape index (κ3) is 6.56. The van der Waals surface area contributed by atoms with E-state index in [0.29, 0.717) is 25.4 Å². The fraction of sp³-hybridized carbons (Fsp3) is 0.440. The molecule has 2 N–H and O–H groups in total. The molecule has 1 fully saturated rings. The molecule has 0 radical (unpaired) electrons. The SMILES string of the molecule is CC1CCN(C(=O)C(CCC/C=C/C(=O)NO)COc2cccc3ccccc23)CC1. The Morgan fingerprint density at radius 1 is 1.19 bits per heavy atom. The summed E-state index contributed by atoms with van der Waals surface area (Å²) >= 11 is 0. The van der Waals surface area contributed by atoms with Crippen LogP contribution in [0.4, 0.5) is 0 Å². The monoisotopic (exact) mass is 424 g/mol. The largest absolute Gasteiger partial charge is 0.492 e. The zero-order chi connectivity index (χ0) is 22.1. The number of hydrogen-bond acceptors (Lipinski definition) is 4. The molecule has 31 heavy (non-hydrogen) atoms. The maximum atomic E-state index is 13.2. The molecule has 0 aliphatic carbocycles. The summed E-state index contributed by atoms with van der Waals surface area (Å²) in [6.45, 7) is 4.18. The van der Waals surface area contributed by atoms with E-state index in [2.05, 4.69) is 19.1 Å². The highest BCUT2D eigenvalue weighted by Crippen LogP contribution is 2.27. The van der Waals surface area contributed by atoms with Gasteiger partial charge in [0.25, 0.3) is 5.91 Å². The van der Waals surface area contributed by atoms with Crippen LogP contribution < -0.4 is 10.2 Å². The number of carbonyl (C=O) groups is 2. The van der Waals surface area contributed by atoms with E-state index >= 15 is 0 Å². The number of hydroxylamine groups is 1. The molecule has 2 aromatic rings. The summed E-state index contributed by atoms with van der Waals surface area (Å²) < 4.78 is 6.16. The number of fused-ring (bicyclic) bond motifs is 1. The first kappa shape index (κ1) is 22.8. The van der Waals surface area contributed by atoms with Gasteiger partial charge in [0.05, 0.1) is 12.5 Å². The molecular weight excluding hydrogens is 392 g/mol. The number of carbonyl (C=O) groups excluding carboxylic acids is 2. The van der Waals surface area contributed by atoms with Gasteiger partial charge in [-0.2, -0.15) is 0 Å². The average Bonchev–Trinajstić information content (AvgIpc) is 2.80. The number of ether oxygens (including phenoxy) is 1. The molecule has 1 heterocycles. The van der Waals surface area contributed by atoms with Crippen LogP contribution in [-0.2, 0) is 9.59 Å². The van der Waals surface area contributed by atoms with Gasteiger partial charge in [-0.05, 0) is 49.5 Å². The quantitative estimate of drug-likeness (QED) is 0.272. The summed E-state index contributed by atoms with van der Waals surface area (Å²) in [5.41, 5.74) is 1.58. The van der Waals surface area contributed by atoms with Gasteiger partial charge in [-0.15, -0.1) is 0 Å². The number of nitrogens with one attached hydrogen (secondary N) is 1. The van der Waals surface area contributed by atoms with E-state index < -0.39 is 5.91 Å². The van der Waals surface area contributed by atoms with Crippen LogP contribution in [0.2, 0.25) is 0 Å². The van der Waals surface area contributed by atoms with Gasteiger partial charge in [0, 0.05) is 24.6 Å². The Hall–Kier alpha value is -2.86. The van der Waals surface area contributed by atoms with Crippen LogP contribution in [0.1, 0.15) is 39.0 Å². The van der Waals surface area contributed by atoms with E-state index in [4.69, 9.17) is 9.94 Å². The van der Waals surface area contributed by atoms with Gasteiger partial charge in [0.2, 0.25) is 5.91 Å². The first-order chi connectivity index (χ1) is 15.1. The summed E-state index contributed by atoms with van der Waals surface area (Å²) in [4.78, 5) is 26.3. The van der Waals surface area contributed by atoms with E-state index in [1.807, 2.05) is 35.2 Å². The smallest absolute Gasteiger partial charge is 0.267 e. The van der Waals surface area contributed by atoms with Crippen molar-refractivity contribution in [3.8, 4) is 5.75 Å². The zero-order valence-electron chi connectivity index (χ0n) is 18.1. The van der Waals surface area contributed by atoms with Gasteiger partial charge in [0.15, 0.2) is 0 Å². The van der Waals surface area contributed by atoms with Crippen molar-refractivity contribution in [3.05, 3.63) is 54.6 Å². The summed E-state index contributed by atoms with van der Waals surface area (Å²) in [5, 5.41) is 10.7. The van der Waals surface area contributed by atoms with Crippen LogP contribution in [0, 0.1) is 11.8 Å². The highest BCUT2D eigenvalue weighted by Gasteiger charge is 2.27. The molecule has 6 heteroatoms. The second-order valence-electron chi connectivity index (χ2n) is 8.30. The standard InChI is InChI=1S/C25H32N2O4/c1-19-14-16-27(17-15-19)25(29)21(9-3-2-4-13-24(28)26-30)18-31-23-12-7-10-20-8-5-6-11-22(20)23/h4-8,10-13,19,21,30H,2-3,9,14-18H2,1H3,(H,26,28)/b13-4+. The van der Waals surface area contributed by atoms with Crippen molar-refractivity contribution in [2.45, 2.75) is 39.0 Å². The maximum Gasteiger partial charge on any atom is 0.267 e. The summed E-state index contributed by atoms with van der Waals surface area (Å²) in [7, 11) is 0. The topological polar surface area (TPSA) is 78.9 Å². The van der Waals surface area contributed by atoms with Crippen molar-refractivity contribution in [2.75, 3.05) is 19.7 Å². The predicted molar refractivity (Wildman–Crippen MR) is 121 cm³/mol. The minimum Gasteiger partial charge on any atom is -0.492 e. The van der Waals surface area contributed by atoms with Crippen LogP contribution >= 0.6 is 0 Å². The van der Waals surface area contributed by atoms with Gasteiger partial charge < -0.3 is 9.64 Å². The van der Waals surface area contributed by atoms with E-state index in [1.165, 1.54) is 6.08 Å². The third-order valence-electron chi connectivity index (χ3n) is 5.94. The normalized spacial score (nSPS) is 15.9. The fourth-order valence-electron chi connectivity index (χ4n) is 3.99. The van der Waals surface area contributed by atoms with E-state index in [-0.39, 0.29) is 11.8 Å². The summed E-state index contributed by atoms with van der Waals surface area (Å²) in [6.07, 6.45) is 7.19. The van der Waals surface area contributed by atoms with Crippen molar-refractivity contribution in [1.29, 1.82) is 0 Å². The number of likely N-dealkylation sites (tertiary alicyclic amines) is 1. The Kier molecular flexibility index (Phi) is 8.47. The molecule has 0 bridgehead atoms. The van der Waals surface area contributed by atoms with Crippen molar-refractivity contribution in [1.82, 2.24) is 10.4 Å². The van der Waals surface area contributed by atoms with Gasteiger partial charge in [0.1, 0.15) is 5.75 Å². The molecule has 166 valence electrons. The molecule has 1 saturated heterocycles. The highest BCUT2D eigenvalue weighted by molar-refractivity contribution is 5.88. The van der Waals surface area contributed by atoms with Crippen molar-refractivity contribution in [2.24, 2.45) is 11.8 Å². The molecular formula is C25H32N2O4. The fourth-order valence-corrected chi connectivity index (χ4v) is 3.99. The van der Waals surface area contributed by atoms with Gasteiger partial charge >= 0.3 is 0 Å². The number of amides is 2. The molecule has 0 aromatic heterocycles. The Balaban J connectivity index is 1.65. The predicted octanol–water partition coefficient (Wildman–Crippen LogP) is 4.33. The Bertz CT molecular complexity index is 898. The van der Waals surface area contributed by atoms with Crippen LogP contribution in [0.25, 0.3) is 10.8 Å².